The van der Waals surface area contributed by atoms with Crippen molar-refractivity contribution in [3.05, 3.63) is 60.8 Å². The predicted molar refractivity (Wildman–Crippen MR) is 228 cm³/mol. The maximum atomic E-state index is 12.7. The zero-order valence-corrected chi connectivity index (χ0v) is 35.2. The van der Waals surface area contributed by atoms with Crippen molar-refractivity contribution < 1.29 is 28.6 Å². The molecule has 1 unspecified atom stereocenters. The highest BCUT2D eigenvalue weighted by Crippen LogP contribution is 2.13. The lowest BCUT2D eigenvalue weighted by Gasteiger charge is -2.18. The molecule has 0 fully saturated rings. The molecule has 0 aromatic rings. The molecule has 310 valence electrons. The Bertz CT molecular complexity index is 1010. The van der Waals surface area contributed by atoms with Crippen LogP contribution in [0.25, 0.3) is 0 Å². The molecule has 0 amide bonds. The number of ether oxygens (including phenoxy) is 3. The zero-order valence-electron chi connectivity index (χ0n) is 35.2. The standard InChI is InChI=1S/C48H82O6/c1-4-7-10-13-16-19-22-23-24-25-27-29-32-35-38-41-47(50)53-44-45(43-52-46(49)40-37-34-31-28-21-18-15-12-9-6-3)54-48(51)42-39-36-33-30-26-20-17-14-11-8-5-2/h8,11,16-17,19-20,22-23,30,33,45H,4-7,9-10,12-15,18,21,24-29,31-32,34-44H2,1-3H3/b11-8-,19-16-,20-17-,23-22-,33-30-. The summed E-state index contributed by atoms with van der Waals surface area (Å²) in [5, 5.41) is 0. The van der Waals surface area contributed by atoms with Crippen molar-refractivity contribution in [1.82, 2.24) is 0 Å². The Labute approximate surface area is 332 Å². The minimum atomic E-state index is -0.800. The minimum absolute atomic E-state index is 0.0975. The zero-order chi connectivity index (χ0) is 39.4. The summed E-state index contributed by atoms with van der Waals surface area (Å²) in [7, 11) is 0. The fourth-order valence-corrected chi connectivity index (χ4v) is 5.93. The van der Waals surface area contributed by atoms with Gasteiger partial charge in [0.1, 0.15) is 13.2 Å². The van der Waals surface area contributed by atoms with Crippen molar-refractivity contribution in [2.75, 3.05) is 13.2 Å². The smallest absolute Gasteiger partial charge is 0.306 e. The maximum absolute atomic E-state index is 12.7. The highest BCUT2D eigenvalue weighted by molar-refractivity contribution is 5.71. The van der Waals surface area contributed by atoms with Crippen molar-refractivity contribution in [2.24, 2.45) is 0 Å². The van der Waals surface area contributed by atoms with Gasteiger partial charge in [-0.15, -0.1) is 0 Å². The molecule has 0 aromatic carbocycles. The number of hydrogen-bond acceptors (Lipinski definition) is 6. The summed E-state index contributed by atoms with van der Waals surface area (Å²) in [6.07, 6.45) is 50.7. The molecular weight excluding hydrogens is 673 g/mol. The van der Waals surface area contributed by atoms with Gasteiger partial charge in [0.2, 0.25) is 0 Å². The van der Waals surface area contributed by atoms with Crippen LogP contribution in [0.15, 0.2) is 60.8 Å². The SMILES string of the molecule is CC/C=C\C/C=C\C/C=C\CCCC(=O)OC(COC(=O)CCCCCCCC/C=C\C=C/CCCCC)COC(=O)CCCCCCCCCCCC. The van der Waals surface area contributed by atoms with E-state index >= 15 is 0 Å². The minimum Gasteiger partial charge on any atom is -0.462 e. The van der Waals surface area contributed by atoms with Gasteiger partial charge in [-0.25, -0.2) is 0 Å². The van der Waals surface area contributed by atoms with Crippen LogP contribution in [0.4, 0.5) is 0 Å². The van der Waals surface area contributed by atoms with Crippen LogP contribution in [0.3, 0.4) is 0 Å². The molecule has 0 radical (unpaired) electrons. The monoisotopic (exact) mass is 755 g/mol. The van der Waals surface area contributed by atoms with Crippen LogP contribution in [-0.2, 0) is 28.6 Å². The van der Waals surface area contributed by atoms with Gasteiger partial charge in [0.05, 0.1) is 0 Å². The summed E-state index contributed by atoms with van der Waals surface area (Å²) in [5.41, 5.74) is 0. The third-order valence-electron chi connectivity index (χ3n) is 9.28. The molecule has 0 aliphatic rings. The Morgan fingerprint density at radius 2 is 0.796 bits per heavy atom. The number of esters is 3. The molecule has 0 rings (SSSR count). The van der Waals surface area contributed by atoms with Crippen molar-refractivity contribution in [1.29, 1.82) is 0 Å². The van der Waals surface area contributed by atoms with Gasteiger partial charge in [0.15, 0.2) is 6.10 Å². The third-order valence-corrected chi connectivity index (χ3v) is 9.28. The first kappa shape index (κ1) is 51.1. The molecule has 0 aliphatic heterocycles. The number of unbranched alkanes of at least 4 members (excludes halogenated alkanes) is 19. The van der Waals surface area contributed by atoms with E-state index in [0.29, 0.717) is 19.3 Å². The Balaban J connectivity index is 4.44. The quantitative estimate of drug-likeness (QED) is 0.0204. The van der Waals surface area contributed by atoms with Gasteiger partial charge in [-0.3, -0.25) is 14.4 Å². The second-order valence-electron chi connectivity index (χ2n) is 14.6. The fraction of sp³-hybridized carbons (Fsp3) is 0.729. The third kappa shape index (κ3) is 40.3. The first-order valence-electron chi connectivity index (χ1n) is 22.3. The number of hydrogen-bond donors (Lipinski definition) is 0. The van der Waals surface area contributed by atoms with E-state index < -0.39 is 6.10 Å². The summed E-state index contributed by atoms with van der Waals surface area (Å²) in [6.45, 7) is 6.40. The highest BCUT2D eigenvalue weighted by Gasteiger charge is 2.19. The van der Waals surface area contributed by atoms with Crippen LogP contribution in [0, 0.1) is 0 Å². The molecule has 0 N–H and O–H groups in total. The Hall–Kier alpha value is -2.89. The first-order valence-corrected chi connectivity index (χ1v) is 22.3. The lowest BCUT2D eigenvalue weighted by atomic mass is 10.1. The van der Waals surface area contributed by atoms with Crippen molar-refractivity contribution in [3.8, 4) is 0 Å². The Morgan fingerprint density at radius 1 is 0.407 bits per heavy atom. The van der Waals surface area contributed by atoms with Gasteiger partial charge in [-0.1, -0.05) is 178 Å². The van der Waals surface area contributed by atoms with Gasteiger partial charge in [-0.05, 0) is 70.6 Å². The fourth-order valence-electron chi connectivity index (χ4n) is 5.93. The van der Waals surface area contributed by atoms with E-state index in [0.717, 1.165) is 70.6 Å². The van der Waals surface area contributed by atoms with E-state index in [9.17, 15) is 14.4 Å². The Kier molecular flexibility index (Phi) is 40.6. The number of rotatable bonds is 39. The highest BCUT2D eigenvalue weighted by atomic mass is 16.6. The molecule has 0 spiro atoms. The molecule has 54 heavy (non-hydrogen) atoms. The largest absolute Gasteiger partial charge is 0.462 e. The number of carbonyl (C=O) groups is 3. The molecule has 0 aliphatic carbocycles. The molecule has 0 saturated heterocycles. The van der Waals surface area contributed by atoms with E-state index in [-0.39, 0.29) is 37.5 Å². The van der Waals surface area contributed by atoms with Crippen LogP contribution >= 0.6 is 0 Å². The molecule has 1 atom stereocenters. The maximum Gasteiger partial charge on any atom is 0.306 e. The van der Waals surface area contributed by atoms with E-state index in [1.165, 1.54) is 89.9 Å². The summed E-state index contributed by atoms with van der Waals surface area (Å²) >= 11 is 0. The predicted octanol–water partition coefficient (Wildman–Crippen LogP) is 14.1. The Morgan fingerprint density at radius 3 is 1.31 bits per heavy atom. The van der Waals surface area contributed by atoms with Crippen molar-refractivity contribution in [3.63, 3.8) is 0 Å². The van der Waals surface area contributed by atoms with E-state index in [1.807, 2.05) is 0 Å². The van der Waals surface area contributed by atoms with Crippen molar-refractivity contribution in [2.45, 2.75) is 213 Å². The molecule has 0 heterocycles. The molecular formula is C48H82O6. The molecule has 0 saturated carbocycles. The van der Waals surface area contributed by atoms with Gasteiger partial charge in [0, 0.05) is 19.3 Å². The van der Waals surface area contributed by atoms with Gasteiger partial charge >= 0.3 is 17.9 Å². The van der Waals surface area contributed by atoms with E-state index in [2.05, 4.69) is 81.5 Å². The molecule has 0 bridgehead atoms. The lowest BCUT2D eigenvalue weighted by Crippen LogP contribution is -2.30. The second-order valence-corrected chi connectivity index (χ2v) is 14.6. The molecule has 6 nitrogen and oxygen atoms in total. The molecule has 6 heteroatoms. The van der Waals surface area contributed by atoms with Crippen LogP contribution in [0.5, 0.6) is 0 Å². The number of carbonyl (C=O) groups excluding carboxylic acids is 3. The van der Waals surface area contributed by atoms with Crippen LogP contribution < -0.4 is 0 Å². The normalized spacial score (nSPS) is 12.6. The van der Waals surface area contributed by atoms with Gasteiger partial charge < -0.3 is 14.2 Å². The summed E-state index contributed by atoms with van der Waals surface area (Å²) in [5.74, 6) is -0.971. The van der Waals surface area contributed by atoms with E-state index in [4.69, 9.17) is 14.2 Å². The second kappa shape index (κ2) is 42.8. The average molecular weight is 755 g/mol. The lowest BCUT2D eigenvalue weighted by molar-refractivity contribution is -0.167. The van der Waals surface area contributed by atoms with Gasteiger partial charge in [-0.2, -0.15) is 0 Å². The summed E-state index contributed by atoms with van der Waals surface area (Å²) in [4.78, 5) is 37.6. The summed E-state index contributed by atoms with van der Waals surface area (Å²) < 4.78 is 16.6. The van der Waals surface area contributed by atoms with Crippen molar-refractivity contribution >= 4 is 17.9 Å². The average Bonchev–Trinajstić information content (AvgIpc) is 3.17. The van der Waals surface area contributed by atoms with Gasteiger partial charge in [0.25, 0.3) is 0 Å². The molecule has 0 aromatic heterocycles. The topological polar surface area (TPSA) is 78.9 Å². The first-order chi connectivity index (χ1) is 26.5. The summed E-state index contributed by atoms with van der Waals surface area (Å²) in [6, 6.07) is 0. The number of allylic oxidation sites excluding steroid dienone is 10. The van der Waals surface area contributed by atoms with Crippen LogP contribution in [0.2, 0.25) is 0 Å². The van der Waals surface area contributed by atoms with E-state index in [1.54, 1.807) is 0 Å². The van der Waals surface area contributed by atoms with Crippen LogP contribution in [0.1, 0.15) is 207 Å². The van der Waals surface area contributed by atoms with Crippen LogP contribution in [-0.4, -0.2) is 37.2 Å².